The quantitative estimate of drug-likeness (QED) is 0.111. The van der Waals surface area contributed by atoms with Gasteiger partial charge in [0.15, 0.2) is 0 Å². The second kappa shape index (κ2) is 20.3. The number of fused-ring (bicyclic) bond motifs is 2. The summed E-state index contributed by atoms with van der Waals surface area (Å²) in [5.74, 6) is 3.01. The molecule has 59 heavy (non-hydrogen) atoms. The van der Waals surface area contributed by atoms with Crippen molar-refractivity contribution in [3.05, 3.63) is 91.9 Å². The number of hydrogen-bond acceptors (Lipinski definition) is 8. The number of rotatable bonds is 13. The Balaban J connectivity index is 0.000000179. The highest BCUT2D eigenvalue weighted by atomic mass is 35.5. The summed E-state index contributed by atoms with van der Waals surface area (Å²) < 4.78 is 11.8. The summed E-state index contributed by atoms with van der Waals surface area (Å²) in [6, 6.07) is 19.3. The number of aromatic nitrogens is 4. The van der Waals surface area contributed by atoms with Crippen molar-refractivity contribution in [2.75, 3.05) is 92.8 Å². The number of aromatic amines is 2. The summed E-state index contributed by atoms with van der Waals surface area (Å²) in [7, 11) is 4.35. The van der Waals surface area contributed by atoms with Crippen molar-refractivity contribution >= 4 is 68.5 Å². The summed E-state index contributed by atoms with van der Waals surface area (Å²) >= 11 is 25.5. The number of benzene rings is 4. The van der Waals surface area contributed by atoms with Crippen molar-refractivity contribution < 1.29 is 9.47 Å². The minimum absolute atomic E-state index is 0.594. The molecule has 0 atom stereocenters. The van der Waals surface area contributed by atoms with Crippen LogP contribution in [0, 0.1) is 6.92 Å². The van der Waals surface area contributed by atoms with Crippen molar-refractivity contribution in [2.24, 2.45) is 0 Å². The van der Waals surface area contributed by atoms with Crippen LogP contribution in [0.3, 0.4) is 0 Å². The van der Waals surface area contributed by atoms with Crippen LogP contribution in [0.1, 0.15) is 30.9 Å². The highest BCUT2D eigenvalue weighted by molar-refractivity contribution is 6.33. The normalized spacial score (nSPS) is 15.8. The number of H-pyrrole nitrogens is 2. The second-order valence-corrected chi connectivity index (χ2v) is 17.2. The van der Waals surface area contributed by atoms with E-state index >= 15 is 0 Å². The molecule has 10 nitrogen and oxygen atoms in total. The smallest absolute Gasteiger partial charge is 0.140 e. The van der Waals surface area contributed by atoms with Crippen LogP contribution in [0.25, 0.3) is 44.8 Å². The molecular formula is C45H54Cl4N8O2. The molecule has 0 radical (unpaired) electrons. The van der Waals surface area contributed by atoms with E-state index in [1.165, 1.54) is 0 Å². The number of hydrogen-bond donors (Lipinski definition) is 2. The third-order valence-electron chi connectivity index (χ3n) is 11.1. The highest BCUT2D eigenvalue weighted by Crippen LogP contribution is 2.34. The Kier molecular flexibility index (Phi) is 15.0. The Labute approximate surface area is 367 Å². The molecule has 14 heteroatoms. The number of halogens is 4. The predicted molar refractivity (Wildman–Crippen MR) is 245 cm³/mol. The average Bonchev–Trinajstić information content (AvgIpc) is 3.84. The number of imidazole rings is 2. The Hall–Kier alpha value is -3.58. The number of nitrogens with zero attached hydrogens (tertiary/aromatic N) is 6. The van der Waals surface area contributed by atoms with Gasteiger partial charge in [-0.2, -0.15) is 0 Å². The number of likely N-dealkylation sites (N-methyl/N-ethyl adjacent to an activating group) is 2. The maximum atomic E-state index is 6.57. The molecule has 2 fully saturated rings. The van der Waals surface area contributed by atoms with Gasteiger partial charge in [-0.15, -0.1) is 0 Å². The number of nitrogens with one attached hydrogen (secondary N) is 2. The van der Waals surface area contributed by atoms with Crippen LogP contribution in [0.2, 0.25) is 20.1 Å². The molecule has 2 aliphatic rings. The van der Waals surface area contributed by atoms with Gasteiger partial charge in [0, 0.05) is 86.6 Å². The molecule has 0 amide bonds. The molecule has 4 aromatic carbocycles. The number of aryl methyl sites for hydroxylation is 2. The van der Waals surface area contributed by atoms with Gasteiger partial charge in [-0.3, -0.25) is 0 Å². The van der Waals surface area contributed by atoms with Crippen LogP contribution in [-0.2, 0) is 6.42 Å². The van der Waals surface area contributed by atoms with Gasteiger partial charge < -0.3 is 39.0 Å². The minimum Gasteiger partial charge on any atom is -0.493 e. The number of piperazine rings is 2. The molecule has 4 heterocycles. The molecule has 0 saturated carbocycles. The molecule has 6 aromatic rings. The van der Waals surface area contributed by atoms with Gasteiger partial charge >= 0.3 is 0 Å². The first-order valence-corrected chi connectivity index (χ1v) is 22.1. The molecule has 2 aromatic heterocycles. The van der Waals surface area contributed by atoms with E-state index in [0.717, 1.165) is 146 Å². The summed E-state index contributed by atoms with van der Waals surface area (Å²) in [5.41, 5.74) is 7.59. The van der Waals surface area contributed by atoms with E-state index in [9.17, 15) is 0 Å². The molecule has 0 aliphatic carbocycles. The van der Waals surface area contributed by atoms with Crippen LogP contribution < -0.4 is 9.47 Å². The van der Waals surface area contributed by atoms with E-state index in [1.54, 1.807) is 0 Å². The van der Waals surface area contributed by atoms with Gasteiger partial charge in [-0.25, -0.2) is 9.97 Å². The zero-order chi connectivity index (χ0) is 41.5. The third-order valence-corrected chi connectivity index (χ3v) is 12.4. The van der Waals surface area contributed by atoms with Crippen molar-refractivity contribution in [1.29, 1.82) is 0 Å². The highest BCUT2D eigenvalue weighted by Gasteiger charge is 2.16. The van der Waals surface area contributed by atoms with Crippen LogP contribution >= 0.6 is 46.4 Å². The molecular weight excluding hydrogens is 826 g/mol. The fourth-order valence-electron chi connectivity index (χ4n) is 7.46. The first kappa shape index (κ1) is 43.5. The lowest BCUT2D eigenvalue weighted by molar-refractivity contribution is 0.145. The lowest BCUT2D eigenvalue weighted by atomic mass is 10.1. The minimum atomic E-state index is 0.594. The van der Waals surface area contributed by atoms with E-state index in [-0.39, 0.29) is 0 Å². The van der Waals surface area contributed by atoms with Crippen LogP contribution in [-0.4, -0.2) is 132 Å². The molecule has 8 rings (SSSR count). The van der Waals surface area contributed by atoms with Crippen molar-refractivity contribution in [1.82, 2.24) is 39.5 Å². The van der Waals surface area contributed by atoms with E-state index in [2.05, 4.69) is 55.6 Å². The van der Waals surface area contributed by atoms with Crippen molar-refractivity contribution in [2.45, 2.75) is 33.1 Å². The fourth-order valence-corrected chi connectivity index (χ4v) is 8.35. The van der Waals surface area contributed by atoms with Crippen LogP contribution in [0.15, 0.2) is 60.7 Å². The van der Waals surface area contributed by atoms with E-state index < -0.39 is 0 Å². The topological polar surface area (TPSA) is 88.8 Å². The fraction of sp³-hybridized carbons (Fsp3) is 0.422. The summed E-state index contributed by atoms with van der Waals surface area (Å²) in [4.78, 5) is 25.8. The predicted octanol–water partition coefficient (Wildman–Crippen LogP) is 9.98. The molecule has 0 bridgehead atoms. The third kappa shape index (κ3) is 11.4. The molecule has 2 aliphatic heterocycles. The molecule has 0 unspecified atom stereocenters. The summed E-state index contributed by atoms with van der Waals surface area (Å²) in [6.07, 6.45) is 2.87. The Morgan fingerprint density at radius 2 is 1.31 bits per heavy atom. The van der Waals surface area contributed by atoms with E-state index in [1.807, 2.05) is 67.6 Å². The average molecular weight is 881 g/mol. The summed E-state index contributed by atoms with van der Waals surface area (Å²) in [6.45, 7) is 16.7. The Morgan fingerprint density at radius 3 is 1.95 bits per heavy atom. The van der Waals surface area contributed by atoms with Gasteiger partial charge in [-0.1, -0.05) is 53.3 Å². The maximum Gasteiger partial charge on any atom is 0.140 e. The van der Waals surface area contributed by atoms with Crippen molar-refractivity contribution in [3.8, 4) is 34.3 Å². The van der Waals surface area contributed by atoms with E-state index in [4.69, 9.17) is 60.9 Å². The number of ether oxygens (including phenoxy) is 2. The Morgan fingerprint density at radius 1 is 0.644 bits per heavy atom. The molecule has 2 N–H and O–H groups in total. The maximum absolute atomic E-state index is 6.57. The zero-order valence-corrected chi connectivity index (χ0v) is 37.4. The van der Waals surface area contributed by atoms with Gasteiger partial charge in [0.25, 0.3) is 0 Å². The Bertz CT molecular complexity index is 2290. The van der Waals surface area contributed by atoms with Crippen LogP contribution in [0.5, 0.6) is 11.5 Å². The largest absolute Gasteiger partial charge is 0.493 e. The van der Waals surface area contributed by atoms with Gasteiger partial charge in [0.05, 0.1) is 45.3 Å². The van der Waals surface area contributed by atoms with Crippen LogP contribution in [0.4, 0.5) is 0 Å². The van der Waals surface area contributed by atoms with Crippen molar-refractivity contribution in [3.63, 3.8) is 0 Å². The SMILES string of the molecule is CCc1cc(Cl)cc2[nH]c(-c3ccc(OCCCN4CCN(C)CC4)cc3Cl)nc12.Cc1cc2[nH]c(-c3ccc(OCCCN4CCN(C)CC4)c(Cl)c3)nc2cc1Cl. The molecule has 0 spiro atoms. The lowest BCUT2D eigenvalue weighted by Crippen LogP contribution is -2.44. The first-order chi connectivity index (χ1) is 28.5. The van der Waals surface area contributed by atoms with Gasteiger partial charge in [0.1, 0.15) is 23.1 Å². The van der Waals surface area contributed by atoms with E-state index in [0.29, 0.717) is 39.1 Å². The van der Waals surface area contributed by atoms with Gasteiger partial charge in [-0.05, 0) is 112 Å². The molecule has 2 saturated heterocycles. The monoisotopic (exact) mass is 878 g/mol. The lowest BCUT2D eigenvalue weighted by Gasteiger charge is -2.32. The zero-order valence-electron chi connectivity index (χ0n) is 34.4. The molecule has 314 valence electrons. The second-order valence-electron chi connectivity index (χ2n) is 15.6. The van der Waals surface area contributed by atoms with Gasteiger partial charge in [0.2, 0.25) is 0 Å². The summed E-state index contributed by atoms with van der Waals surface area (Å²) in [5, 5.41) is 2.64. The standard InChI is InChI=1S/C23H28Cl2N4O.C22H26Cl2N4O/c1-3-16-13-17(24)14-21-22(16)27-23(26-21)19-6-5-18(15-20(19)25)30-12-4-7-29-10-8-28(2)9-11-29;1-15-12-19-20(14-17(15)23)26-22(25-19)16-4-5-21(18(24)13-16)29-11-3-6-28-9-7-27(2)8-10-28/h5-6,13-15H,3-4,7-12H2,1-2H3,(H,26,27);4-5,12-14H,3,6-11H2,1-2H3,(H,25,26). The first-order valence-electron chi connectivity index (χ1n) is 20.5.